The lowest BCUT2D eigenvalue weighted by molar-refractivity contribution is 0.254. The Balaban J connectivity index is 1.70. The Morgan fingerprint density at radius 2 is 1.53 bits per heavy atom. The summed E-state index contributed by atoms with van der Waals surface area (Å²) in [5.41, 5.74) is 14.4. The number of hydrogen-bond acceptors (Lipinski definition) is 4. The SMILES string of the molecule is NCc1ccccc1NC(=O)N(NCc1ccccc1)c1ccc(-c2ccccc2)c(CS(=O)O)c1. The molecule has 0 aliphatic carbocycles. The van der Waals surface area contributed by atoms with Crippen molar-refractivity contribution in [2.24, 2.45) is 5.73 Å². The number of anilines is 2. The summed E-state index contributed by atoms with van der Waals surface area (Å²) in [6, 6.07) is 31.8. The van der Waals surface area contributed by atoms with Gasteiger partial charge in [-0.1, -0.05) is 84.9 Å². The van der Waals surface area contributed by atoms with Gasteiger partial charge in [-0.05, 0) is 46.0 Å². The molecule has 4 rings (SSSR count). The van der Waals surface area contributed by atoms with Gasteiger partial charge in [0.05, 0.1) is 11.4 Å². The number of hydrogen-bond donors (Lipinski definition) is 4. The van der Waals surface area contributed by atoms with Crippen molar-refractivity contribution in [2.75, 3.05) is 10.3 Å². The number of amides is 2. The molecule has 0 saturated heterocycles. The molecule has 0 radical (unpaired) electrons. The number of urea groups is 1. The van der Waals surface area contributed by atoms with E-state index in [0.29, 0.717) is 23.5 Å². The zero-order valence-electron chi connectivity index (χ0n) is 19.6. The van der Waals surface area contributed by atoms with Crippen molar-refractivity contribution in [1.82, 2.24) is 5.43 Å². The van der Waals surface area contributed by atoms with E-state index in [4.69, 9.17) is 5.73 Å². The molecule has 0 aromatic heterocycles. The van der Waals surface area contributed by atoms with Gasteiger partial charge in [0.1, 0.15) is 0 Å². The molecule has 0 spiro atoms. The number of carbonyl (C=O) groups excluding carboxylic acids is 1. The first kappa shape index (κ1) is 25.3. The van der Waals surface area contributed by atoms with Crippen LogP contribution in [0.1, 0.15) is 16.7 Å². The molecule has 1 atom stereocenters. The Morgan fingerprint density at radius 3 is 2.22 bits per heavy atom. The molecule has 0 heterocycles. The van der Waals surface area contributed by atoms with Crippen LogP contribution < -0.4 is 21.5 Å². The van der Waals surface area contributed by atoms with E-state index in [1.807, 2.05) is 91.0 Å². The Hall–Kier alpha value is -3.82. The highest BCUT2D eigenvalue weighted by Gasteiger charge is 2.19. The first-order valence-electron chi connectivity index (χ1n) is 11.5. The van der Waals surface area contributed by atoms with Gasteiger partial charge >= 0.3 is 6.03 Å². The summed E-state index contributed by atoms with van der Waals surface area (Å²) < 4.78 is 21.5. The lowest BCUT2D eigenvalue weighted by Gasteiger charge is -2.26. The molecule has 184 valence electrons. The van der Waals surface area contributed by atoms with Gasteiger partial charge in [0.15, 0.2) is 11.1 Å². The molecule has 2 amide bonds. The lowest BCUT2D eigenvalue weighted by atomic mass is 10.00. The van der Waals surface area contributed by atoms with Crippen molar-refractivity contribution >= 4 is 28.5 Å². The Labute approximate surface area is 213 Å². The molecule has 0 bridgehead atoms. The minimum Gasteiger partial charge on any atom is -0.326 e. The fourth-order valence-corrected chi connectivity index (χ4v) is 4.41. The van der Waals surface area contributed by atoms with Crippen LogP contribution in [0.4, 0.5) is 16.2 Å². The van der Waals surface area contributed by atoms with Crippen molar-refractivity contribution in [3.63, 3.8) is 0 Å². The summed E-state index contributed by atoms with van der Waals surface area (Å²) in [6.07, 6.45) is 0. The first-order valence-corrected chi connectivity index (χ1v) is 12.7. The minimum absolute atomic E-state index is 0.0672. The van der Waals surface area contributed by atoms with E-state index in [9.17, 15) is 13.6 Å². The highest BCUT2D eigenvalue weighted by Crippen LogP contribution is 2.29. The highest BCUT2D eigenvalue weighted by atomic mass is 32.2. The number of carbonyl (C=O) groups is 1. The Bertz CT molecular complexity index is 1330. The summed E-state index contributed by atoms with van der Waals surface area (Å²) in [4.78, 5) is 13.5. The van der Waals surface area contributed by atoms with E-state index in [-0.39, 0.29) is 12.3 Å². The van der Waals surface area contributed by atoms with Crippen molar-refractivity contribution < 1.29 is 13.6 Å². The molecule has 0 saturated carbocycles. The molecule has 7 nitrogen and oxygen atoms in total. The molecule has 0 aliphatic heterocycles. The minimum atomic E-state index is -2.06. The standard InChI is InChI=1S/C28H28N4O3S/c29-18-23-13-7-8-14-27(23)31-28(33)32(30-19-21-9-3-1-4-10-21)25-15-16-26(22-11-5-2-6-12-22)24(17-25)20-36(34)35/h1-17,30H,18-20,29H2,(H,31,33)(H,34,35). The van der Waals surface area contributed by atoms with Gasteiger partial charge in [-0.25, -0.2) is 19.4 Å². The molecule has 5 N–H and O–H groups in total. The van der Waals surface area contributed by atoms with Crippen LogP contribution >= 0.6 is 0 Å². The first-order chi connectivity index (χ1) is 17.5. The van der Waals surface area contributed by atoms with Crippen LogP contribution in [0, 0.1) is 0 Å². The van der Waals surface area contributed by atoms with E-state index < -0.39 is 17.1 Å². The third kappa shape index (κ3) is 6.44. The number of benzene rings is 4. The molecular weight excluding hydrogens is 472 g/mol. The molecule has 1 unspecified atom stereocenters. The van der Waals surface area contributed by atoms with E-state index in [2.05, 4.69) is 10.7 Å². The summed E-state index contributed by atoms with van der Waals surface area (Å²) >= 11 is -2.06. The highest BCUT2D eigenvalue weighted by molar-refractivity contribution is 7.78. The predicted molar refractivity (Wildman–Crippen MR) is 145 cm³/mol. The maximum absolute atomic E-state index is 13.5. The monoisotopic (exact) mass is 500 g/mol. The number of nitrogens with zero attached hydrogens (tertiary/aromatic N) is 1. The number of nitrogens with one attached hydrogen (secondary N) is 2. The van der Waals surface area contributed by atoms with Crippen molar-refractivity contribution in [2.45, 2.75) is 18.8 Å². The zero-order valence-corrected chi connectivity index (χ0v) is 20.4. The largest absolute Gasteiger partial charge is 0.340 e. The zero-order chi connectivity index (χ0) is 25.3. The van der Waals surface area contributed by atoms with Gasteiger partial charge in [0.25, 0.3) is 0 Å². The second kappa shape index (κ2) is 12.2. The van der Waals surface area contributed by atoms with Crippen LogP contribution in [0.25, 0.3) is 11.1 Å². The van der Waals surface area contributed by atoms with Gasteiger partial charge in [-0.15, -0.1) is 0 Å². The number of para-hydroxylation sites is 1. The Kier molecular flexibility index (Phi) is 8.59. The summed E-state index contributed by atoms with van der Waals surface area (Å²) in [5.74, 6) is -0.0672. The smallest absolute Gasteiger partial charge is 0.326 e. The average Bonchev–Trinajstić information content (AvgIpc) is 2.90. The number of rotatable bonds is 9. The maximum Gasteiger partial charge on any atom is 0.340 e. The Morgan fingerprint density at radius 1 is 0.861 bits per heavy atom. The summed E-state index contributed by atoms with van der Waals surface area (Å²) in [5, 5.41) is 4.35. The quantitative estimate of drug-likeness (QED) is 0.185. The normalized spacial score (nSPS) is 11.6. The summed E-state index contributed by atoms with van der Waals surface area (Å²) in [6.45, 7) is 0.681. The predicted octanol–water partition coefficient (Wildman–Crippen LogP) is 5.28. The van der Waals surface area contributed by atoms with Gasteiger partial charge in [0, 0.05) is 18.8 Å². The van der Waals surface area contributed by atoms with Crippen molar-refractivity contribution in [3.8, 4) is 11.1 Å². The second-order valence-electron chi connectivity index (χ2n) is 8.12. The molecule has 0 fully saturated rings. The topological polar surface area (TPSA) is 108 Å². The third-order valence-electron chi connectivity index (χ3n) is 5.68. The number of hydrazine groups is 1. The van der Waals surface area contributed by atoms with Gasteiger partial charge in [0.2, 0.25) is 0 Å². The molecule has 4 aromatic rings. The van der Waals surface area contributed by atoms with Crippen LogP contribution in [0.5, 0.6) is 0 Å². The van der Waals surface area contributed by atoms with Crippen molar-refractivity contribution in [1.29, 1.82) is 0 Å². The molecule has 0 aliphatic rings. The van der Waals surface area contributed by atoms with Crippen LogP contribution in [-0.2, 0) is 29.9 Å². The van der Waals surface area contributed by atoms with Gasteiger partial charge in [-0.3, -0.25) is 0 Å². The number of nitrogens with two attached hydrogens (primary N) is 1. The van der Waals surface area contributed by atoms with E-state index in [0.717, 1.165) is 22.3 Å². The fourth-order valence-electron chi connectivity index (χ4n) is 3.91. The third-order valence-corrected chi connectivity index (χ3v) is 6.23. The van der Waals surface area contributed by atoms with Gasteiger partial charge < -0.3 is 15.6 Å². The van der Waals surface area contributed by atoms with Crippen LogP contribution in [0.3, 0.4) is 0 Å². The second-order valence-corrected chi connectivity index (χ2v) is 9.05. The molecule has 36 heavy (non-hydrogen) atoms. The van der Waals surface area contributed by atoms with E-state index in [1.54, 1.807) is 12.1 Å². The van der Waals surface area contributed by atoms with Crippen LogP contribution in [0.2, 0.25) is 0 Å². The van der Waals surface area contributed by atoms with E-state index in [1.165, 1.54) is 5.01 Å². The van der Waals surface area contributed by atoms with Crippen LogP contribution in [-0.4, -0.2) is 14.8 Å². The maximum atomic E-state index is 13.5. The van der Waals surface area contributed by atoms with Crippen LogP contribution in [0.15, 0.2) is 103 Å². The molecule has 4 aromatic carbocycles. The lowest BCUT2D eigenvalue weighted by Crippen LogP contribution is -2.45. The van der Waals surface area contributed by atoms with Crippen molar-refractivity contribution in [3.05, 3.63) is 120 Å². The van der Waals surface area contributed by atoms with E-state index >= 15 is 0 Å². The average molecular weight is 501 g/mol. The molecular formula is C28H28N4O3S. The fraction of sp³-hybridized carbons (Fsp3) is 0.107. The molecule has 8 heteroatoms. The van der Waals surface area contributed by atoms with Gasteiger partial charge in [-0.2, -0.15) is 0 Å². The summed E-state index contributed by atoms with van der Waals surface area (Å²) in [7, 11) is 0.